The summed E-state index contributed by atoms with van der Waals surface area (Å²) in [4.78, 5) is 44.0. The monoisotopic (exact) mass is 530 g/mol. The minimum atomic E-state index is -1.11. The maximum absolute atomic E-state index is 14.1. The third-order valence-electron chi connectivity index (χ3n) is 7.25. The molecule has 2 amide bonds. The number of thiophene rings is 1. The molecule has 1 aliphatic heterocycles. The van der Waals surface area contributed by atoms with Crippen molar-refractivity contribution in [2.75, 3.05) is 31.7 Å². The maximum atomic E-state index is 14.1. The number of ether oxygens (including phenoxy) is 1. The molecule has 8 heteroatoms. The quantitative estimate of drug-likeness (QED) is 0.462. The lowest BCUT2D eigenvalue weighted by atomic mass is 9.82. The van der Waals surface area contributed by atoms with Crippen molar-refractivity contribution in [3.8, 4) is 11.8 Å². The summed E-state index contributed by atoms with van der Waals surface area (Å²) in [5, 5.41) is 10.1. The van der Waals surface area contributed by atoms with Crippen molar-refractivity contribution >= 4 is 34.8 Å². The third kappa shape index (κ3) is 7.58. The van der Waals surface area contributed by atoms with Crippen molar-refractivity contribution in [3.05, 3.63) is 15.8 Å². The second-order valence-electron chi connectivity index (χ2n) is 11.7. The molecule has 1 aromatic heterocycles. The highest BCUT2D eigenvalue weighted by molar-refractivity contribution is 7.15. The zero-order valence-corrected chi connectivity index (χ0v) is 24.0. The lowest BCUT2D eigenvalue weighted by molar-refractivity contribution is -0.135. The fourth-order valence-corrected chi connectivity index (χ4v) is 5.94. The number of aromatic carboxylic acids is 1. The summed E-state index contributed by atoms with van der Waals surface area (Å²) in [5.41, 5.74) is 0.0355. The first-order valence-corrected chi connectivity index (χ1v) is 14.3. The Morgan fingerprint density at radius 1 is 1.19 bits per heavy atom. The molecule has 2 aliphatic rings. The van der Waals surface area contributed by atoms with Gasteiger partial charge in [-0.05, 0) is 71.3 Å². The Kier molecular flexibility index (Phi) is 9.82. The molecule has 1 unspecified atom stereocenters. The van der Waals surface area contributed by atoms with Crippen molar-refractivity contribution < 1.29 is 24.2 Å². The highest BCUT2D eigenvalue weighted by Gasteiger charge is 2.39. The number of anilines is 1. The van der Waals surface area contributed by atoms with Gasteiger partial charge < -0.3 is 14.7 Å². The molecule has 0 aromatic carbocycles. The zero-order valence-electron chi connectivity index (χ0n) is 23.1. The number of carboxylic acid groups (broad SMARTS) is 1. The van der Waals surface area contributed by atoms with E-state index in [2.05, 4.69) is 18.8 Å². The average molecular weight is 531 g/mol. The molecule has 2 heterocycles. The van der Waals surface area contributed by atoms with Crippen molar-refractivity contribution in [2.45, 2.75) is 79.2 Å². The lowest BCUT2D eigenvalue weighted by Gasteiger charge is -2.37. The Balaban J connectivity index is 2.03. The van der Waals surface area contributed by atoms with Crippen LogP contribution >= 0.6 is 11.3 Å². The first kappa shape index (κ1) is 29.2. The van der Waals surface area contributed by atoms with Crippen LogP contribution in [0.5, 0.6) is 0 Å². The van der Waals surface area contributed by atoms with Crippen molar-refractivity contribution in [2.24, 2.45) is 23.2 Å². The van der Waals surface area contributed by atoms with Crippen molar-refractivity contribution in [1.82, 2.24) is 4.90 Å². The standard InChI is InChI=1S/C29H42N2O5S/c1-7-23(27(33)30(6)17-20-13-15-36-18-20)31(26(32)21-10-8-19(2)9-11-21)24-16-22(12-14-29(3,4)5)37-25(24)28(34)35/h16,19-21,23H,7-11,13,15,17-18H2,1-6H3,(H,34,35)/t19?,20?,21?,23-/m0/s1. The molecule has 1 aromatic rings. The number of carbonyl (C=O) groups excluding carboxylic acids is 2. The molecule has 37 heavy (non-hydrogen) atoms. The van der Waals surface area contributed by atoms with Gasteiger partial charge in [-0.15, -0.1) is 11.3 Å². The number of hydrogen-bond acceptors (Lipinski definition) is 5. The number of carboxylic acids is 1. The molecule has 1 aliphatic carbocycles. The van der Waals surface area contributed by atoms with Crippen LogP contribution in [-0.2, 0) is 14.3 Å². The van der Waals surface area contributed by atoms with Gasteiger partial charge in [0.05, 0.1) is 17.2 Å². The number of likely N-dealkylation sites (N-methyl/N-ethyl adjacent to an activating group) is 1. The van der Waals surface area contributed by atoms with Gasteiger partial charge in [-0.3, -0.25) is 14.5 Å². The van der Waals surface area contributed by atoms with Gasteiger partial charge in [0.15, 0.2) is 0 Å². The van der Waals surface area contributed by atoms with Gasteiger partial charge >= 0.3 is 5.97 Å². The molecule has 0 bridgehead atoms. The molecular formula is C29H42N2O5S. The molecule has 1 N–H and O–H groups in total. The largest absolute Gasteiger partial charge is 0.477 e. The van der Waals surface area contributed by atoms with Crippen molar-refractivity contribution in [3.63, 3.8) is 0 Å². The molecule has 2 atom stereocenters. The molecule has 1 saturated heterocycles. The fourth-order valence-electron chi connectivity index (χ4n) is 5.09. The highest BCUT2D eigenvalue weighted by atomic mass is 32.1. The Morgan fingerprint density at radius 2 is 1.86 bits per heavy atom. The van der Waals surface area contributed by atoms with Gasteiger partial charge in [0.2, 0.25) is 11.8 Å². The fraction of sp³-hybridized carbons (Fsp3) is 0.690. The molecule has 0 radical (unpaired) electrons. The summed E-state index contributed by atoms with van der Waals surface area (Å²) in [6, 6.07) is 0.909. The predicted molar refractivity (Wildman–Crippen MR) is 147 cm³/mol. The second kappa shape index (κ2) is 12.4. The van der Waals surface area contributed by atoms with Gasteiger partial charge in [-0.1, -0.05) is 25.7 Å². The first-order valence-electron chi connectivity index (χ1n) is 13.5. The Labute approximate surface area is 225 Å². The summed E-state index contributed by atoms with van der Waals surface area (Å²) < 4.78 is 5.48. The number of hydrogen-bond donors (Lipinski definition) is 1. The summed E-state index contributed by atoms with van der Waals surface area (Å²) in [7, 11) is 1.76. The van der Waals surface area contributed by atoms with Crippen LogP contribution < -0.4 is 4.90 Å². The maximum Gasteiger partial charge on any atom is 0.348 e. The summed E-state index contributed by atoms with van der Waals surface area (Å²) in [5.74, 6) is 5.42. The summed E-state index contributed by atoms with van der Waals surface area (Å²) in [6.45, 7) is 11.9. The van der Waals surface area contributed by atoms with E-state index in [1.54, 1.807) is 18.0 Å². The van der Waals surface area contributed by atoms with Gasteiger partial charge in [-0.25, -0.2) is 4.79 Å². The topological polar surface area (TPSA) is 87.2 Å². The van der Waals surface area contributed by atoms with Gasteiger partial charge in [0, 0.05) is 37.5 Å². The van der Waals surface area contributed by atoms with Crippen LogP contribution in [0.4, 0.5) is 5.69 Å². The van der Waals surface area contributed by atoms with Crippen LogP contribution in [0.1, 0.15) is 87.7 Å². The predicted octanol–water partition coefficient (Wildman–Crippen LogP) is 5.28. The van der Waals surface area contributed by atoms with Crippen LogP contribution in [0.15, 0.2) is 6.07 Å². The molecule has 204 valence electrons. The third-order valence-corrected chi connectivity index (χ3v) is 8.27. The van der Waals surface area contributed by atoms with E-state index in [0.717, 1.165) is 43.4 Å². The van der Waals surface area contributed by atoms with E-state index in [1.165, 1.54) is 4.90 Å². The van der Waals surface area contributed by atoms with E-state index in [4.69, 9.17) is 4.74 Å². The van der Waals surface area contributed by atoms with E-state index < -0.39 is 12.0 Å². The molecule has 0 spiro atoms. The smallest absolute Gasteiger partial charge is 0.348 e. The van der Waals surface area contributed by atoms with E-state index >= 15 is 0 Å². The second-order valence-corrected chi connectivity index (χ2v) is 12.7. The highest BCUT2D eigenvalue weighted by Crippen LogP contribution is 2.37. The van der Waals surface area contributed by atoms with E-state index in [0.29, 0.717) is 37.0 Å². The summed E-state index contributed by atoms with van der Waals surface area (Å²) in [6.07, 6.45) is 4.69. The van der Waals surface area contributed by atoms with Gasteiger partial charge in [-0.2, -0.15) is 0 Å². The molecule has 2 fully saturated rings. The Bertz CT molecular complexity index is 1030. The van der Waals surface area contributed by atoms with Crippen LogP contribution in [0.3, 0.4) is 0 Å². The number of rotatable bonds is 8. The van der Waals surface area contributed by atoms with Gasteiger partial charge in [0.25, 0.3) is 0 Å². The number of nitrogens with zero attached hydrogens (tertiary/aromatic N) is 2. The van der Waals surface area contributed by atoms with E-state index in [9.17, 15) is 19.5 Å². The van der Waals surface area contributed by atoms with Gasteiger partial charge in [0.1, 0.15) is 10.9 Å². The SMILES string of the molecule is CC[C@@H](C(=O)N(C)CC1CCOC1)N(C(=O)C1CCC(C)CC1)c1cc(C#CC(C)(C)C)sc1C(=O)O. The van der Waals surface area contributed by atoms with E-state index in [1.807, 2.05) is 27.7 Å². The van der Waals surface area contributed by atoms with Crippen LogP contribution in [0.25, 0.3) is 0 Å². The molecule has 3 rings (SSSR count). The minimum Gasteiger partial charge on any atom is -0.477 e. The van der Waals surface area contributed by atoms with E-state index in [-0.39, 0.29) is 39.6 Å². The average Bonchev–Trinajstić information content (AvgIpc) is 3.50. The normalized spacial score (nSPS) is 22.6. The summed E-state index contributed by atoms with van der Waals surface area (Å²) >= 11 is 1.07. The molecular weight excluding hydrogens is 488 g/mol. The van der Waals surface area contributed by atoms with Crippen LogP contribution in [-0.4, -0.2) is 60.6 Å². The molecule has 7 nitrogen and oxygen atoms in total. The number of amides is 2. The first-order chi connectivity index (χ1) is 17.4. The molecule has 1 saturated carbocycles. The zero-order chi connectivity index (χ0) is 27.3. The number of carbonyl (C=O) groups is 3. The minimum absolute atomic E-state index is 0.0498. The van der Waals surface area contributed by atoms with Crippen LogP contribution in [0.2, 0.25) is 0 Å². The van der Waals surface area contributed by atoms with Crippen LogP contribution in [0, 0.1) is 35.0 Å². The Hall–Kier alpha value is -2.37. The Morgan fingerprint density at radius 3 is 2.41 bits per heavy atom. The lowest BCUT2D eigenvalue weighted by Crippen LogP contribution is -2.53. The van der Waals surface area contributed by atoms with Crippen molar-refractivity contribution in [1.29, 1.82) is 0 Å².